The van der Waals surface area contributed by atoms with Crippen LogP contribution in [0.25, 0.3) is 4.85 Å². The Morgan fingerprint density at radius 3 is 2.69 bits per heavy atom. The molecule has 2 aliphatic carbocycles. The number of rotatable bonds is 6. The molecule has 32 heavy (non-hydrogen) atoms. The quantitative estimate of drug-likeness (QED) is 0.642. The molecular weight excluding hydrogens is 434 g/mol. The third-order valence-corrected chi connectivity index (χ3v) is 7.78. The summed E-state index contributed by atoms with van der Waals surface area (Å²) in [6.07, 6.45) is 7.99. The highest BCUT2D eigenvalue weighted by molar-refractivity contribution is 7.88. The Morgan fingerprint density at radius 1 is 1.38 bits per heavy atom. The summed E-state index contributed by atoms with van der Waals surface area (Å²) in [5.41, 5.74) is 0.429. The fourth-order valence-corrected chi connectivity index (χ4v) is 6.24. The summed E-state index contributed by atoms with van der Waals surface area (Å²) in [6, 6.07) is -1.01. The Balaban J connectivity index is 1.39. The van der Waals surface area contributed by atoms with Gasteiger partial charge in [0.15, 0.2) is 0 Å². The molecule has 2 heterocycles. The van der Waals surface area contributed by atoms with Gasteiger partial charge in [-0.2, -0.15) is 0 Å². The lowest BCUT2D eigenvalue weighted by Gasteiger charge is -2.32. The Bertz CT molecular complexity index is 1010. The van der Waals surface area contributed by atoms with Gasteiger partial charge in [0.2, 0.25) is 15.7 Å². The van der Waals surface area contributed by atoms with E-state index in [9.17, 15) is 13.2 Å². The fourth-order valence-electron chi connectivity index (χ4n) is 5.44. The lowest BCUT2D eigenvalue weighted by molar-refractivity contribution is -0.0103. The molecule has 2 saturated carbocycles. The smallest absolute Gasteiger partial charge is 0.410 e. The molecule has 0 aromatic carbocycles. The number of ether oxygens (including phenoxy) is 2. The fraction of sp³-hybridized carbons (Fsp3) is 0.714. The monoisotopic (exact) mass is 463 g/mol. The molecule has 1 aliphatic heterocycles. The Hall–Kier alpha value is -2.29. The van der Waals surface area contributed by atoms with E-state index in [0.717, 1.165) is 37.8 Å². The number of fused-ring (bicyclic) bond motifs is 1. The van der Waals surface area contributed by atoms with Gasteiger partial charge in [-0.3, -0.25) is 14.9 Å². The zero-order valence-corrected chi connectivity index (χ0v) is 19.3. The van der Waals surface area contributed by atoms with Crippen molar-refractivity contribution in [3.8, 4) is 0 Å². The van der Waals surface area contributed by atoms with Gasteiger partial charge in [-0.05, 0) is 44.9 Å². The average molecular weight is 464 g/mol. The lowest BCUT2D eigenvalue weighted by atomic mass is 9.86. The SMILES string of the molecule is [C-]#[N+]c1cnc([C@]23CC[C@@H](OC[C@H]4[C@@H](NS(C)(=O)=O)C[C@@H](C)N4C(=O)OC)C[C@H]2C3)nc1. The van der Waals surface area contributed by atoms with E-state index in [2.05, 4.69) is 19.5 Å². The Labute approximate surface area is 188 Å². The number of carbonyl (C=O) groups is 1. The van der Waals surface area contributed by atoms with Gasteiger partial charge in [0.05, 0.1) is 38.7 Å². The van der Waals surface area contributed by atoms with Crippen LogP contribution in [-0.2, 0) is 24.9 Å². The molecule has 3 aliphatic rings. The van der Waals surface area contributed by atoms with Crippen LogP contribution < -0.4 is 4.72 Å². The van der Waals surface area contributed by atoms with Crippen LogP contribution in [0, 0.1) is 12.5 Å². The van der Waals surface area contributed by atoms with Crippen LogP contribution in [0.5, 0.6) is 0 Å². The summed E-state index contributed by atoms with van der Waals surface area (Å²) in [5, 5.41) is 0. The second-order valence-electron chi connectivity index (χ2n) is 9.19. The number of nitrogens with zero attached hydrogens (tertiary/aromatic N) is 4. The van der Waals surface area contributed by atoms with E-state index in [1.165, 1.54) is 7.11 Å². The Kier molecular flexibility index (Phi) is 6.13. The molecule has 1 N–H and O–H groups in total. The van der Waals surface area contributed by atoms with Crippen LogP contribution in [0.3, 0.4) is 0 Å². The molecule has 0 unspecified atom stereocenters. The number of likely N-dealkylation sites (tertiary alicyclic amines) is 1. The number of hydrogen-bond donors (Lipinski definition) is 1. The molecule has 11 heteroatoms. The molecule has 0 bridgehead atoms. The first-order valence-electron chi connectivity index (χ1n) is 10.8. The molecular formula is C21H29N5O5S. The Morgan fingerprint density at radius 2 is 2.09 bits per heavy atom. The second-order valence-corrected chi connectivity index (χ2v) is 11.0. The molecule has 3 fully saturated rings. The number of nitrogens with one attached hydrogen (secondary N) is 1. The van der Waals surface area contributed by atoms with Crippen LogP contribution in [0.15, 0.2) is 12.4 Å². The molecule has 10 nitrogen and oxygen atoms in total. The van der Waals surface area contributed by atoms with Crippen molar-refractivity contribution in [2.75, 3.05) is 20.0 Å². The summed E-state index contributed by atoms with van der Waals surface area (Å²) in [5.74, 6) is 1.25. The molecule has 0 radical (unpaired) electrons. The van der Waals surface area contributed by atoms with E-state index in [1.54, 1.807) is 17.3 Å². The maximum atomic E-state index is 12.3. The lowest BCUT2D eigenvalue weighted by Crippen LogP contribution is -2.50. The highest BCUT2D eigenvalue weighted by Crippen LogP contribution is 2.61. The van der Waals surface area contributed by atoms with Crippen molar-refractivity contribution < 1.29 is 22.7 Å². The van der Waals surface area contributed by atoms with Gasteiger partial charge in [0.1, 0.15) is 5.82 Å². The standard InChI is InChI=1S/C21H29N5O5S/c1-13-7-17(25-32(4,28)29)18(26(13)20(27)30-3)12-31-16-5-6-21(9-14(21)8-16)19-23-10-15(22-2)11-24-19/h10-11,13-14,16-18,25H,5-9,12H2,1,3-4H3/t13-,14+,16-,17+,18+,21+/m1/s1. The molecule has 6 atom stereocenters. The maximum absolute atomic E-state index is 12.3. The van der Waals surface area contributed by atoms with Gasteiger partial charge >= 0.3 is 6.09 Å². The van der Waals surface area contributed by atoms with Crippen molar-refractivity contribution in [2.24, 2.45) is 5.92 Å². The van der Waals surface area contributed by atoms with E-state index >= 15 is 0 Å². The van der Waals surface area contributed by atoms with Crippen molar-refractivity contribution >= 4 is 21.8 Å². The number of methoxy groups -OCH3 is 1. The van der Waals surface area contributed by atoms with Crippen molar-refractivity contribution in [2.45, 2.75) is 68.7 Å². The van der Waals surface area contributed by atoms with Gasteiger partial charge in [0, 0.05) is 29.9 Å². The van der Waals surface area contributed by atoms with Crippen molar-refractivity contribution in [3.05, 3.63) is 29.6 Å². The summed E-state index contributed by atoms with van der Waals surface area (Å²) >= 11 is 0. The maximum Gasteiger partial charge on any atom is 0.410 e. The third kappa shape index (κ3) is 4.44. The predicted octanol–water partition coefficient (Wildman–Crippen LogP) is 2.00. The first-order valence-corrected chi connectivity index (χ1v) is 12.7. The van der Waals surface area contributed by atoms with Gasteiger partial charge in [0.25, 0.3) is 0 Å². The molecule has 174 valence electrons. The zero-order valence-electron chi connectivity index (χ0n) is 18.5. The second kappa shape index (κ2) is 8.57. The van der Waals surface area contributed by atoms with Gasteiger partial charge in [-0.15, -0.1) is 0 Å². The van der Waals surface area contributed by atoms with Crippen molar-refractivity contribution in [1.82, 2.24) is 19.6 Å². The highest BCUT2D eigenvalue weighted by Gasteiger charge is 2.60. The topological polar surface area (TPSA) is 115 Å². The first-order chi connectivity index (χ1) is 15.2. The summed E-state index contributed by atoms with van der Waals surface area (Å²) in [7, 11) is -2.10. The molecule has 1 saturated heterocycles. The highest BCUT2D eigenvalue weighted by atomic mass is 32.2. The first kappa shape index (κ1) is 22.9. The van der Waals surface area contributed by atoms with Gasteiger partial charge < -0.3 is 9.47 Å². The van der Waals surface area contributed by atoms with Crippen LogP contribution in [0.1, 0.15) is 44.9 Å². The number of aromatic nitrogens is 2. The minimum absolute atomic E-state index is 0.0132. The van der Waals surface area contributed by atoms with Gasteiger partial charge in [-0.1, -0.05) is 0 Å². The summed E-state index contributed by atoms with van der Waals surface area (Å²) < 4.78 is 37.5. The molecule has 1 aromatic rings. The minimum Gasteiger partial charge on any atom is -0.453 e. The largest absolute Gasteiger partial charge is 0.453 e. The van der Waals surface area contributed by atoms with Crippen molar-refractivity contribution in [3.63, 3.8) is 0 Å². The van der Waals surface area contributed by atoms with Gasteiger partial charge in [-0.25, -0.2) is 22.8 Å². The van der Waals surface area contributed by atoms with E-state index in [1.807, 2.05) is 6.92 Å². The number of amides is 1. The molecule has 4 rings (SSSR count). The van der Waals surface area contributed by atoms with Crippen LogP contribution in [0.2, 0.25) is 0 Å². The van der Waals surface area contributed by atoms with Crippen LogP contribution in [-0.4, -0.2) is 73.6 Å². The van der Waals surface area contributed by atoms with E-state index in [4.69, 9.17) is 16.0 Å². The summed E-state index contributed by atoms with van der Waals surface area (Å²) in [6.45, 7) is 9.17. The normalized spacial score (nSPS) is 33.9. The predicted molar refractivity (Wildman–Crippen MR) is 116 cm³/mol. The summed E-state index contributed by atoms with van der Waals surface area (Å²) in [4.78, 5) is 26.1. The number of hydrogen-bond acceptors (Lipinski definition) is 7. The van der Waals surface area contributed by atoms with Crippen molar-refractivity contribution in [1.29, 1.82) is 0 Å². The molecule has 1 amide bonds. The average Bonchev–Trinajstić information content (AvgIpc) is 3.41. The number of carbonyl (C=O) groups excluding carboxylic acids is 1. The van der Waals surface area contributed by atoms with E-state index in [0.29, 0.717) is 18.0 Å². The van der Waals surface area contributed by atoms with E-state index < -0.39 is 28.2 Å². The van der Waals surface area contributed by atoms with Crippen LogP contribution in [0.4, 0.5) is 10.5 Å². The number of sulfonamides is 1. The molecule has 0 spiro atoms. The zero-order chi connectivity index (χ0) is 23.1. The minimum atomic E-state index is -3.43. The third-order valence-electron chi connectivity index (χ3n) is 7.05. The molecule has 1 aromatic heterocycles. The van der Waals surface area contributed by atoms with Crippen LogP contribution >= 0.6 is 0 Å². The van der Waals surface area contributed by atoms with E-state index in [-0.39, 0.29) is 24.2 Å².